The molecule has 29 heavy (non-hydrogen) atoms. The summed E-state index contributed by atoms with van der Waals surface area (Å²) >= 11 is 6.65. The average molecular weight is 409 g/mol. The number of hydrogen-bond donors (Lipinski definition) is 0. The molecule has 0 aromatic heterocycles. The Morgan fingerprint density at radius 3 is 2.38 bits per heavy atom. The van der Waals surface area contributed by atoms with Gasteiger partial charge in [-0.15, -0.1) is 11.6 Å². The summed E-state index contributed by atoms with van der Waals surface area (Å²) in [5.41, 5.74) is 2.20. The molecule has 0 heterocycles. The minimum atomic E-state index is -0.0773. The number of ether oxygens (including phenoxy) is 3. The van der Waals surface area contributed by atoms with E-state index in [-0.39, 0.29) is 16.7 Å². The Morgan fingerprint density at radius 1 is 0.862 bits per heavy atom. The highest BCUT2D eigenvalue weighted by atomic mass is 35.5. The van der Waals surface area contributed by atoms with E-state index in [1.54, 1.807) is 7.11 Å². The predicted molar refractivity (Wildman–Crippen MR) is 116 cm³/mol. The van der Waals surface area contributed by atoms with E-state index in [2.05, 4.69) is 19.1 Å². The third-order valence-corrected chi connectivity index (χ3v) is 6.29. The number of para-hydroxylation sites is 1. The molecule has 0 unspecified atom stereocenters. The molecule has 150 valence electrons. The number of benzene rings is 3. The maximum absolute atomic E-state index is 6.65. The van der Waals surface area contributed by atoms with E-state index in [4.69, 9.17) is 25.8 Å². The fourth-order valence-corrected chi connectivity index (χ4v) is 4.33. The second-order valence-corrected chi connectivity index (χ2v) is 8.19. The van der Waals surface area contributed by atoms with Crippen LogP contribution in [0.1, 0.15) is 24.0 Å². The molecule has 3 aromatic carbocycles. The molecule has 1 saturated carbocycles. The summed E-state index contributed by atoms with van der Waals surface area (Å²) in [7, 11) is 1.68. The fourth-order valence-electron chi connectivity index (χ4n) is 3.77. The first-order valence-electron chi connectivity index (χ1n) is 9.78. The molecule has 0 amide bonds. The molecule has 0 aliphatic heterocycles. The van der Waals surface area contributed by atoms with Crippen molar-refractivity contribution in [3.05, 3.63) is 90.0 Å². The van der Waals surface area contributed by atoms with E-state index in [0.717, 1.165) is 22.8 Å². The van der Waals surface area contributed by atoms with Crippen molar-refractivity contribution in [3.63, 3.8) is 0 Å². The van der Waals surface area contributed by atoms with Crippen molar-refractivity contribution < 1.29 is 14.2 Å². The van der Waals surface area contributed by atoms with E-state index >= 15 is 0 Å². The smallest absolute Gasteiger partial charge is 0.127 e. The lowest BCUT2D eigenvalue weighted by atomic mass is 10.0. The standard InChI is InChI=1S/C25H25ClO3/c1-25(23(24(25)26)19-9-7-12-21(15-19)27-2)17-28-16-18-8-6-13-22(14-18)29-20-10-4-3-5-11-20/h3-15,23-24H,16-17H2,1-2H3/t23-,24+,25+/m1/s1. The molecule has 4 rings (SSSR count). The SMILES string of the molecule is COc1cccc([C@@H]2[C@H](Cl)[C@@]2(C)COCc2cccc(Oc3ccccc3)c2)c1. The summed E-state index contributed by atoms with van der Waals surface area (Å²) < 4.78 is 17.3. The van der Waals surface area contributed by atoms with Gasteiger partial charge in [0.05, 0.1) is 20.3 Å². The van der Waals surface area contributed by atoms with Gasteiger partial charge in [-0.3, -0.25) is 0 Å². The second-order valence-electron chi connectivity index (χ2n) is 7.72. The van der Waals surface area contributed by atoms with Crippen LogP contribution in [0.2, 0.25) is 0 Å². The zero-order chi connectivity index (χ0) is 20.3. The van der Waals surface area contributed by atoms with Crippen molar-refractivity contribution in [1.82, 2.24) is 0 Å². The first kappa shape index (κ1) is 19.8. The van der Waals surface area contributed by atoms with Crippen LogP contribution in [0, 0.1) is 5.41 Å². The summed E-state index contributed by atoms with van der Waals surface area (Å²) in [4.78, 5) is 0. The largest absolute Gasteiger partial charge is 0.497 e. The molecule has 3 nitrogen and oxygen atoms in total. The Kier molecular flexibility index (Phi) is 5.79. The first-order valence-corrected chi connectivity index (χ1v) is 10.2. The monoisotopic (exact) mass is 408 g/mol. The lowest BCUT2D eigenvalue weighted by Crippen LogP contribution is -2.10. The van der Waals surface area contributed by atoms with Crippen molar-refractivity contribution in [2.24, 2.45) is 5.41 Å². The predicted octanol–water partition coefficient (Wildman–Crippen LogP) is 6.42. The van der Waals surface area contributed by atoms with Crippen LogP contribution in [0.15, 0.2) is 78.9 Å². The van der Waals surface area contributed by atoms with Crippen LogP contribution in [0.25, 0.3) is 0 Å². The summed E-state index contributed by atoms with van der Waals surface area (Å²) in [6.45, 7) is 3.31. The van der Waals surface area contributed by atoms with Crippen molar-refractivity contribution >= 4 is 11.6 Å². The number of halogens is 1. The van der Waals surface area contributed by atoms with Gasteiger partial charge < -0.3 is 14.2 Å². The van der Waals surface area contributed by atoms with Gasteiger partial charge in [0.2, 0.25) is 0 Å². The maximum Gasteiger partial charge on any atom is 0.127 e. The van der Waals surface area contributed by atoms with Crippen LogP contribution < -0.4 is 9.47 Å². The molecule has 0 radical (unpaired) electrons. The van der Waals surface area contributed by atoms with Crippen LogP contribution in [-0.4, -0.2) is 19.1 Å². The summed E-state index contributed by atoms with van der Waals surface area (Å²) in [5.74, 6) is 2.75. The molecular formula is C25H25ClO3. The van der Waals surface area contributed by atoms with Crippen molar-refractivity contribution in [1.29, 1.82) is 0 Å². The summed E-state index contributed by atoms with van der Waals surface area (Å²) in [6.07, 6.45) is 0. The molecule has 0 saturated heterocycles. The first-order chi connectivity index (χ1) is 14.1. The van der Waals surface area contributed by atoms with Crippen molar-refractivity contribution in [2.75, 3.05) is 13.7 Å². The van der Waals surface area contributed by atoms with Crippen LogP contribution in [0.5, 0.6) is 17.2 Å². The van der Waals surface area contributed by atoms with E-state index in [1.807, 2.05) is 66.7 Å². The molecule has 0 bridgehead atoms. The molecule has 0 spiro atoms. The zero-order valence-electron chi connectivity index (χ0n) is 16.7. The highest BCUT2D eigenvalue weighted by Crippen LogP contribution is 2.62. The third-order valence-electron chi connectivity index (χ3n) is 5.54. The van der Waals surface area contributed by atoms with Crippen molar-refractivity contribution in [2.45, 2.75) is 24.8 Å². The van der Waals surface area contributed by atoms with Crippen LogP contribution in [0.3, 0.4) is 0 Å². The molecule has 3 aromatic rings. The highest BCUT2D eigenvalue weighted by Gasteiger charge is 2.61. The van der Waals surface area contributed by atoms with E-state index < -0.39 is 0 Å². The van der Waals surface area contributed by atoms with Gasteiger partial charge in [-0.05, 0) is 47.5 Å². The molecule has 1 fully saturated rings. The third kappa shape index (κ3) is 4.42. The lowest BCUT2D eigenvalue weighted by Gasteiger charge is -2.13. The van der Waals surface area contributed by atoms with Gasteiger partial charge in [-0.1, -0.05) is 49.4 Å². The minimum Gasteiger partial charge on any atom is -0.497 e. The fraction of sp³-hybridized carbons (Fsp3) is 0.280. The van der Waals surface area contributed by atoms with Gasteiger partial charge in [0.15, 0.2) is 0 Å². The van der Waals surface area contributed by atoms with Crippen LogP contribution in [-0.2, 0) is 11.3 Å². The Morgan fingerprint density at radius 2 is 1.59 bits per heavy atom. The Labute approximate surface area is 177 Å². The summed E-state index contributed by atoms with van der Waals surface area (Å²) in [5, 5.41) is 0.0577. The van der Waals surface area contributed by atoms with Gasteiger partial charge in [0.25, 0.3) is 0 Å². The Balaban J connectivity index is 1.35. The number of methoxy groups -OCH3 is 1. The molecule has 3 atom stereocenters. The Bertz CT molecular complexity index is 959. The molecule has 4 heteroatoms. The quantitative estimate of drug-likeness (QED) is 0.403. The van der Waals surface area contributed by atoms with Crippen LogP contribution >= 0.6 is 11.6 Å². The van der Waals surface area contributed by atoms with Gasteiger partial charge in [-0.25, -0.2) is 0 Å². The van der Waals surface area contributed by atoms with Gasteiger partial charge >= 0.3 is 0 Å². The second kappa shape index (κ2) is 8.48. The Hall–Kier alpha value is -2.49. The van der Waals surface area contributed by atoms with E-state index in [0.29, 0.717) is 13.2 Å². The van der Waals surface area contributed by atoms with E-state index in [1.165, 1.54) is 5.56 Å². The highest BCUT2D eigenvalue weighted by molar-refractivity contribution is 6.24. The van der Waals surface area contributed by atoms with Gasteiger partial charge in [0, 0.05) is 16.7 Å². The molecule has 0 N–H and O–H groups in total. The number of rotatable bonds is 8. The van der Waals surface area contributed by atoms with E-state index in [9.17, 15) is 0 Å². The topological polar surface area (TPSA) is 27.7 Å². The lowest BCUT2D eigenvalue weighted by molar-refractivity contribution is 0.0823. The van der Waals surface area contributed by atoms with Crippen molar-refractivity contribution in [3.8, 4) is 17.2 Å². The summed E-state index contributed by atoms with van der Waals surface area (Å²) in [6, 6.07) is 25.9. The maximum atomic E-state index is 6.65. The minimum absolute atomic E-state index is 0.0577. The molecular weight excluding hydrogens is 384 g/mol. The number of hydrogen-bond acceptors (Lipinski definition) is 3. The normalized spacial score (nSPS) is 22.9. The molecule has 1 aliphatic rings. The molecule has 1 aliphatic carbocycles. The van der Waals surface area contributed by atoms with Gasteiger partial charge in [-0.2, -0.15) is 0 Å². The van der Waals surface area contributed by atoms with Gasteiger partial charge in [0.1, 0.15) is 17.2 Å². The average Bonchev–Trinajstić information content (AvgIpc) is 3.29. The number of alkyl halides is 1. The zero-order valence-corrected chi connectivity index (χ0v) is 17.4. The van der Waals surface area contributed by atoms with Crippen LogP contribution in [0.4, 0.5) is 0 Å².